The average molecular weight is 388 g/mol. The molecule has 0 amide bonds. The number of carbonyl (C=O) groups is 1. The van der Waals surface area contributed by atoms with Gasteiger partial charge in [-0.3, -0.25) is 10.2 Å². The molecule has 0 spiro atoms. The Bertz CT molecular complexity index is 968. The quantitative estimate of drug-likeness (QED) is 0.272. The maximum atomic E-state index is 12.6. The molecule has 5 heteroatoms. The molecule has 3 aromatic carbocycles. The second-order valence-electron chi connectivity index (χ2n) is 6.32. The van der Waals surface area contributed by atoms with Gasteiger partial charge in [-0.15, -0.1) is 0 Å². The van der Waals surface area contributed by atoms with Crippen molar-refractivity contribution in [3.05, 3.63) is 102 Å². The highest BCUT2D eigenvalue weighted by atomic mass is 32.1. The first-order valence-corrected chi connectivity index (χ1v) is 9.36. The van der Waals surface area contributed by atoms with Gasteiger partial charge in [0.15, 0.2) is 10.9 Å². The number of aryl methyl sites for hydroxylation is 1. The molecule has 0 atom stereocenters. The molecule has 0 aliphatic rings. The number of hydrogen-bond acceptors (Lipinski definition) is 3. The van der Waals surface area contributed by atoms with Crippen LogP contribution in [0.25, 0.3) is 0 Å². The van der Waals surface area contributed by atoms with Crippen molar-refractivity contribution in [3.63, 3.8) is 0 Å². The molecule has 3 aromatic rings. The third-order valence-corrected chi connectivity index (χ3v) is 4.33. The molecular formula is C23H21N3OS. The van der Waals surface area contributed by atoms with Crippen LogP contribution in [0, 0.1) is 6.92 Å². The standard InChI is InChI=1S/C23H21N3OS/c1-17-12-14-20(15-13-17)24-23(28)26-25-21(18-8-4-2-5-9-18)16-22(27)19-10-6-3-7-11-19/h2-15H,16H2,1H3,(H2,24,26,28)/b25-21+. The van der Waals surface area contributed by atoms with Crippen LogP contribution in [-0.2, 0) is 0 Å². The molecule has 0 radical (unpaired) electrons. The first-order valence-electron chi connectivity index (χ1n) is 8.96. The number of Topliss-reactive ketones (excluding diaryl/α,β-unsaturated/α-hetero) is 1. The highest BCUT2D eigenvalue weighted by Gasteiger charge is 2.12. The first-order chi connectivity index (χ1) is 13.6. The van der Waals surface area contributed by atoms with E-state index < -0.39 is 0 Å². The van der Waals surface area contributed by atoms with Gasteiger partial charge in [0.1, 0.15) is 0 Å². The van der Waals surface area contributed by atoms with Crippen molar-refractivity contribution < 1.29 is 4.79 Å². The summed E-state index contributed by atoms with van der Waals surface area (Å²) in [5.74, 6) is 0.00224. The van der Waals surface area contributed by atoms with E-state index in [2.05, 4.69) is 15.8 Å². The van der Waals surface area contributed by atoms with E-state index in [4.69, 9.17) is 12.2 Å². The predicted molar refractivity (Wildman–Crippen MR) is 119 cm³/mol. The zero-order chi connectivity index (χ0) is 19.8. The van der Waals surface area contributed by atoms with E-state index in [0.29, 0.717) is 16.4 Å². The van der Waals surface area contributed by atoms with Crippen LogP contribution in [0.5, 0.6) is 0 Å². The summed E-state index contributed by atoms with van der Waals surface area (Å²) in [4.78, 5) is 12.6. The largest absolute Gasteiger partial charge is 0.331 e. The van der Waals surface area contributed by atoms with Gasteiger partial charge in [-0.05, 0) is 36.8 Å². The summed E-state index contributed by atoms with van der Waals surface area (Å²) < 4.78 is 0. The van der Waals surface area contributed by atoms with E-state index in [0.717, 1.165) is 11.3 Å². The minimum Gasteiger partial charge on any atom is -0.331 e. The van der Waals surface area contributed by atoms with Crippen LogP contribution in [0.2, 0.25) is 0 Å². The Morgan fingerprint density at radius 2 is 1.43 bits per heavy atom. The second kappa shape index (κ2) is 9.58. The fraction of sp³-hybridized carbons (Fsp3) is 0.0870. The second-order valence-corrected chi connectivity index (χ2v) is 6.73. The Kier molecular flexibility index (Phi) is 6.65. The number of anilines is 1. The first kappa shape index (κ1) is 19.5. The molecule has 0 unspecified atom stereocenters. The normalized spacial score (nSPS) is 11.0. The summed E-state index contributed by atoms with van der Waals surface area (Å²) in [5, 5.41) is 7.87. The number of nitrogens with one attached hydrogen (secondary N) is 2. The summed E-state index contributed by atoms with van der Waals surface area (Å²) >= 11 is 5.33. The predicted octanol–water partition coefficient (Wildman–Crippen LogP) is 4.96. The number of benzene rings is 3. The molecule has 0 heterocycles. The minimum atomic E-state index is 0.00224. The van der Waals surface area contributed by atoms with Crippen molar-refractivity contribution in [1.29, 1.82) is 0 Å². The highest BCUT2D eigenvalue weighted by Crippen LogP contribution is 2.11. The van der Waals surface area contributed by atoms with E-state index >= 15 is 0 Å². The van der Waals surface area contributed by atoms with Crippen LogP contribution in [0.3, 0.4) is 0 Å². The molecule has 0 bridgehead atoms. The Balaban J connectivity index is 1.74. The molecule has 0 saturated heterocycles. The van der Waals surface area contributed by atoms with Crippen LogP contribution in [0.4, 0.5) is 5.69 Å². The van der Waals surface area contributed by atoms with E-state index in [1.165, 1.54) is 5.56 Å². The summed E-state index contributed by atoms with van der Waals surface area (Å²) in [7, 11) is 0. The number of carbonyl (C=O) groups excluding carboxylic acids is 1. The smallest absolute Gasteiger partial charge is 0.191 e. The Hall–Kier alpha value is -3.31. The van der Waals surface area contributed by atoms with Gasteiger partial charge in [0.25, 0.3) is 0 Å². The molecule has 140 valence electrons. The lowest BCUT2D eigenvalue weighted by Crippen LogP contribution is -2.26. The maximum absolute atomic E-state index is 12.6. The highest BCUT2D eigenvalue weighted by molar-refractivity contribution is 7.80. The summed E-state index contributed by atoms with van der Waals surface area (Å²) in [6, 6.07) is 26.7. The lowest BCUT2D eigenvalue weighted by atomic mass is 10.0. The molecule has 0 aliphatic heterocycles. The number of rotatable bonds is 6. The van der Waals surface area contributed by atoms with Crippen LogP contribution in [0.1, 0.15) is 27.9 Å². The number of nitrogens with zero attached hydrogens (tertiary/aromatic N) is 1. The van der Waals surface area contributed by atoms with Gasteiger partial charge in [0.05, 0.1) is 12.1 Å². The summed E-state index contributed by atoms with van der Waals surface area (Å²) in [5.41, 5.74) is 7.07. The Labute approximate surface area is 170 Å². The molecule has 28 heavy (non-hydrogen) atoms. The Morgan fingerprint density at radius 1 is 0.857 bits per heavy atom. The van der Waals surface area contributed by atoms with Crippen molar-refractivity contribution >= 4 is 34.5 Å². The number of thiocarbonyl (C=S) groups is 1. The number of ketones is 1. The van der Waals surface area contributed by atoms with E-state index in [1.807, 2.05) is 91.9 Å². The Morgan fingerprint density at radius 3 is 2.04 bits per heavy atom. The van der Waals surface area contributed by atoms with Crippen LogP contribution < -0.4 is 10.7 Å². The lowest BCUT2D eigenvalue weighted by molar-refractivity contribution is 0.100. The molecule has 0 saturated carbocycles. The monoisotopic (exact) mass is 387 g/mol. The molecular weight excluding hydrogens is 366 g/mol. The summed E-state index contributed by atoms with van der Waals surface area (Å²) in [6.45, 7) is 2.03. The van der Waals surface area contributed by atoms with Crippen LogP contribution >= 0.6 is 12.2 Å². The topological polar surface area (TPSA) is 53.5 Å². The lowest BCUT2D eigenvalue weighted by Gasteiger charge is -2.10. The third kappa shape index (κ3) is 5.59. The van der Waals surface area contributed by atoms with E-state index in [-0.39, 0.29) is 12.2 Å². The van der Waals surface area contributed by atoms with Crippen molar-refractivity contribution in [1.82, 2.24) is 5.43 Å². The molecule has 3 rings (SSSR count). The fourth-order valence-corrected chi connectivity index (χ4v) is 2.79. The molecule has 0 aromatic heterocycles. The molecule has 0 aliphatic carbocycles. The van der Waals surface area contributed by atoms with E-state index in [1.54, 1.807) is 0 Å². The van der Waals surface area contributed by atoms with Gasteiger partial charge in [0.2, 0.25) is 0 Å². The van der Waals surface area contributed by atoms with Crippen molar-refractivity contribution in [2.24, 2.45) is 5.10 Å². The van der Waals surface area contributed by atoms with Gasteiger partial charge in [0, 0.05) is 11.3 Å². The van der Waals surface area contributed by atoms with Gasteiger partial charge in [-0.25, -0.2) is 0 Å². The summed E-state index contributed by atoms with van der Waals surface area (Å²) in [6.07, 6.45) is 0.175. The van der Waals surface area contributed by atoms with Crippen molar-refractivity contribution in [2.45, 2.75) is 13.3 Å². The average Bonchev–Trinajstić information content (AvgIpc) is 2.74. The third-order valence-electron chi connectivity index (χ3n) is 4.13. The van der Waals surface area contributed by atoms with Crippen LogP contribution in [0.15, 0.2) is 90.0 Å². The van der Waals surface area contributed by atoms with Crippen molar-refractivity contribution in [2.75, 3.05) is 5.32 Å². The fourth-order valence-electron chi connectivity index (χ4n) is 2.63. The number of hydrazone groups is 1. The maximum Gasteiger partial charge on any atom is 0.191 e. The van der Waals surface area contributed by atoms with Gasteiger partial charge >= 0.3 is 0 Å². The molecule has 2 N–H and O–H groups in total. The number of hydrogen-bond donors (Lipinski definition) is 2. The van der Waals surface area contributed by atoms with E-state index in [9.17, 15) is 4.79 Å². The van der Waals surface area contributed by atoms with Gasteiger partial charge in [-0.1, -0.05) is 78.4 Å². The molecule has 4 nitrogen and oxygen atoms in total. The van der Waals surface area contributed by atoms with Gasteiger partial charge < -0.3 is 5.32 Å². The zero-order valence-electron chi connectivity index (χ0n) is 15.6. The molecule has 0 fully saturated rings. The minimum absolute atomic E-state index is 0.00224. The van der Waals surface area contributed by atoms with Crippen LogP contribution in [-0.4, -0.2) is 16.6 Å². The van der Waals surface area contributed by atoms with Crippen molar-refractivity contribution in [3.8, 4) is 0 Å². The van der Waals surface area contributed by atoms with Gasteiger partial charge in [-0.2, -0.15) is 5.10 Å². The SMILES string of the molecule is Cc1ccc(NC(=S)N/N=C(\CC(=O)c2ccccc2)c2ccccc2)cc1. The zero-order valence-corrected chi connectivity index (χ0v) is 16.4.